The average molecular weight is 278 g/mol. The molecule has 0 spiro atoms. The van der Waals surface area contributed by atoms with Crippen molar-refractivity contribution in [3.8, 4) is 0 Å². The molecule has 1 aliphatic rings. The summed E-state index contributed by atoms with van der Waals surface area (Å²) in [4.78, 5) is 14.5. The summed E-state index contributed by atoms with van der Waals surface area (Å²) in [6, 6.07) is 2.37. The van der Waals surface area contributed by atoms with Crippen molar-refractivity contribution in [3.05, 3.63) is 17.5 Å². The molecule has 0 aromatic carbocycles. The standard InChI is InChI=1S/C15H26N4O/c1-11(2)16-9-13-6-5-7-19(10-13)15(20)14-8-12(3)17-18(14)4/h8,11,13,16H,5-7,9-10H2,1-4H3. The number of likely N-dealkylation sites (tertiary alicyclic amines) is 1. The molecule has 2 rings (SSSR count). The molecule has 1 amide bonds. The van der Waals surface area contributed by atoms with Crippen LogP contribution in [0.4, 0.5) is 0 Å². The summed E-state index contributed by atoms with van der Waals surface area (Å²) in [7, 11) is 1.84. The van der Waals surface area contributed by atoms with Gasteiger partial charge in [-0.2, -0.15) is 5.10 Å². The number of nitrogens with zero attached hydrogens (tertiary/aromatic N) is 3. The number of hydrogen-bond donors (Lipinski definition) is 1. The van der Waals surface area contributed by atoms with Gasteiger partial charge < -0.3 is 10.2 Å². The van der Waals surface area contributed by atoms with E-state index in [1.807, 2.05) is 24.9 Å². The summed E-state index contributed by atoms with van der Waals surface area (Å²) in [5.41, 5.74) is 1.59. The van der Waals surface area contributed by atoms with Crippen molar-refractivity contribution < 1.29 is 4.79 Å². The lowest BCUT2D eigenvalue weighted by Gasteiger charge is -2.33. The van der Waals surface area contributed by atoms with Gasteiger partial charge in [0.1, 0.15) is 5.69 Å². The lowest BCUT2D eigenvalue weighted by atomic mass is 9.97. The fourth-order valence-corrected chi connectivity index (χ4v) is 2.79. The Kier molecular flexibility index (Phi) is 4.81. The van der Waals surface area contributed by atoms with E-state index in [1.165, 1.54) is 6.42 Å². The van der Waals surface area contributed by atoms with Gasteiger partial charge in [-0.05, 0) is 38.3 Å². The molecule has 20 heavy (non-hydrogen) atoms. The predicted molar refractivity (Wildman–Crippen MR) is 79.7 cm³/mol. The van der Waals surface area contributed by atoms with Gasteiger partial charge in [0.25, 0.3) is 5.91 Å². The van der Waals surface area contributed by atoms with Crippen molar-refractivity contribution in [1.29, 1.82) is 0 Å². The molecule has 1 N–H and O–H groups in total. The molecule has 0 saturated carbocycles. The maximum atomic E-state index is 12.6. The molecule has 0 bridgehead atoms. The Morgan fingerprint density at radius 3 is 2.90 bits per heavy atom. The first-order valence-corrected chi connectivity index (χ1v) is 7.50. The van der Waals surface area contributed by atoms with Crippen molar-refractivity contribution in [2.24, 2.45) is 13.0 Å². The van der Waals surface area contributed by atoms with Crippen LogP contribution in [0, 0.1) is 12.8 Å². The first kappa shape index (κ1) is 15.0. The van der Waals surface area contributed by atoms with E-state index >= 15 is 0 Å². The van der Waals surface area contributed by atoms with Crippen LogP contribution >= 0.6 is 0 Å². The predicted octanol–water partition coefficient (Wildman–Crippen LogP) is 1.58. The minimum Gasteiger partial charge on any atom is -0.337 e. The number of hydrogen-bond acceptors (Lipinski definition) is 3. The van der Waals surface area contributed by atoms with Crippen LogP contribution in [-0.2, 0) is 7.05 Å². The number of amides is 1. The quantitative estimate of drug-likeness (QED) is 0.909. The summed E-state index contributed by atoms with van der Waals surface area (Å²) in [5, 5.41) is 7.74. The van der Waals surface area contributed by atoms with Crippen molar-refractivity contribution in [3.63, 3.8) is 0 Å². The van der Waals surface area contributed by atoms with Gasteiger partial charge in [0.05, 0.1) is 5.69 Å². The molecule has 1 atom stereocenters. The van der Waals surface area contributed by atoms with Gasteiger partial charge >= 0.3 is 0 Å². The van der Waals surface area contributed by atoms with Gasteiger partial charge in [-0.1, -0.05) is 13.8 Å². The number of carbonyl (C=O) groups is 1. The van der Waals surface area contributed by atoms with Gasteiger partial charge in [-0.15, -0.1) is 0 Å². The Morgan fingerprint density at radius 1 is 1.55 bits per heavy atom. The minimum absolute atomic E-state index is 0.113. The molecule has 1 aromatic heterocycles. The maximum absolute atomic E-state index is 12.6. The van der Waals surface area contributed by atoms with Gasteiger partial charge in [-0.3, -0.25) is 9.48 Å². The number of aromatic nitrogens is 2. The normalized spacial score (nSPS) is 19.6. The first-order valence-electron chi connectivity index (χ1n) is 7.50. The van der Waals surface area contributed by atoms with Gasteiger partial charge in [0, 0.05) is 26.2 Å². The minimum atomic E-state index is 0.113. The van der Waals surface area contributed by atoms with Crippen LogP contribution in [0.3, 0.4) is 0 Å². The zero-order valence-electron chi connectivity index (χ0n) is 13.0. The number of nitrogens with one attached hydrogen (secondary N) is 1. The molecule has 1 saturated heterocycles. The monoisotopic (exact) mass is 278 g/mol. The molecule has 0 aliphatic carbocycles. The van der Waals surface area contributed by atoms with Crippen molar-refractivity contribution in [1.82, 2.24) is 20.0 Å². The highest BCUT2D eigenvalue weighted by Gasteiger charge is 2.26. The third kappa shape index (κ3) is 3.60. The van der Waals surface area contributed by atoms with E-state index in [1.54, 1.807) is 4.68 Å². The van der Waals surface area contributed by atoms with E-state index in [-0.39, 0.29) is 5.91 Å². The van der Waals surface area contributed by atoms with E-state index in [2.05, 4.69) is 24.3 Å². The molecule has 1 fully saturated rings. The van der Waals surface area contributed by atoms with Crippen molar-refractivity contribution in [2.45, 2.75) is 39.7 Å². The van der Waals surface area contributed by atoms with Crippen LogP contribution in [0.5, 0.6) is 0 Å². The highest BCUT2D eigenvalue weighted by Crippen LogP contribution is 2.18. The fraction of sp³-hybridized carbons (Fsp3) is 0.733. The van der Waals surface area contributed by atoms with Crippen LogP contribution in [0.15, 0.2) is 6.07 Å². The van der Waals surface area contributed by atoms with Crippen LogP contribution in [0.2, 0.25) is 0 Å². The van der Waals surface area contributed by atoms with E-state index in [4.69, 9.17) is 0 Å². The van der Waals surface area contributed by atoms with Gasteiger partial charge in [0.2, 0.25) is 0 Å². The SMILES string of the molecule is Cc1cc(C(=O)N2CCCC(CNC(C)C)C2)n(C)n1. The number of rotatable bonds is 4. The van der Waals surface area contributed by atoms with Crippen molar-refractivity contribution >= 4 is 5.91 Å². The Balaban J connectivity index is 1.98. The molecule has 1 aliphatic heterocycles. The molecule has 1 aromatic rings. The zero-order valence-corrected chi connectivity index (χ0v) is 13.0. The van der Waals surface area contributed by atoms with E-state index in [0.29, 0.717) is 17.7 Å². The Bertz CT molecular complexity index is 466. The largest absolute Gasteiger partial charge is 0.337 e. The van der Waals surface area contributed by atoms with Crippen LogP contribution in [-0.4, -0.2) is 46.3 Å². The molecule has 1 unspecified atom stereocenters. The molecular weight excluding hydrogens is 252 g/mol. The Morgan fingerprint density at radius 2 is 2.30 bits per heavy atom. The zero-order chi connectivity index (χ0) is 14.7. The van der Waals surface area contributed by atoms with Gasteiger partial charge in [-0.25, -0.2) is 0 Å². The lowest BCUT2D eigenvalue weighted by Crippen LogP contribution is -2.44. The molecule has 5 nitrogen and oxygen atoms in total. The molecular formula is C15H26N4O. The topological polar surface area (TPSA) is 50.2 Å². The summed E-state index contributed by atoms with van der Waals surface area (Å²) in [5.74, 6) is 0.673. The first-order chi connectivity index (χ1) is 9.47. The summed E-state index contributed by atoms with van der Waals surface area (Å²) in [6.45, 7) is 8.94. The highest BCUT2D eigenvalue weighted by atomic mass is 16.2. The third-order valence-corrected chi connectivity index (χ3v) is 3.84. The van der Waals surface area contributed by atoms with Crippen molar-refractivity contribution in [2.75, 3.05) is 19.6 Å². The van der Waals surface area contributed by atoms with Crippen LogP contribution in [0.25, 0.3) is 0 Å². The van der Waals surface area contributed by atoms with Crippen LogP contribution < -0.4 is 5.32 Å². The lowest BCUT2D eigenvalue weighted by molar-refractivity contribution is 0.0661. The van der Waals surface area contributed by atoms with E-state index < -0.39 is 0 Å². The number of carbonyl (C=O) groups excluding carboxylic acids is 1. The van der Waals surface area contributed by atoms with Crippen LogP contribution in [0.1, 0.15) is 42.9 Å². The van der Waals surface area contributed by atoms with E-state index in [9.17, 15) is 4.79 Å². The maximum Gasteiger partial charge on any atom is 0.272 e. The summed E-state index contributed by atoms with van der Waals surface area (Å²) in [6.07, 6.45) is 2.29. The number of piperidine rings is 1. The summed E-state index contributed by atoms with van der Waals surface area (Å²) < 4.78 is 1.69. The second-order valence-electron chi connectivity index (χ2n) is 6.12. The fourth-order valence-electron chi connectivity index (χ4n) is 2.79. The Hall–Kier alpha value is -1.36. The average Bonchev–Trinajstić information content (AvgIpc) is 2.75. The molecule has 5 heteroatoms. The number of aryl methyl sites for hydroxylation is 2. The van der Waals surface area contributed by atoms with E-state index in [0.717, 1.165) is 31.7 Å². The summed E-state index contributed by atoms with van der Waals surface area (Å²) >= 11 is 0. The highest BCUT2D eigenvalue weighted by molar-refractivity contribution is 5.92. The Labute approximate surface area is 121 Å². The third-order valence-electron chi connectivity index (χ3n) is 3.84. The van der Waals surface area contributed by atoms with Gasteiger partial charge in [0.15, 0.2) is 0 Å². The molecule has 112 valence electrons. The second kappa shape index (κ2) is 6.39. The molecule has 2 heterocycles. The second-order valence-corrected chi connectivity index (χ2v) is 6.12. The smallest absolute Gasteiger partial charge is 0.272 e. The molecule has 0 radical (unpaired) electrons.